The maximum Gasteiger partial charge on any atom is 0.240 e. The van der Waals surface area contributed by atoms with Crippen molar-refractivity contribution in [3.05, 3.63) is 169 Å². The van der Waals surface area contributed by atoms with Crippen molar-refractivity contribution in [1.82, 2.24) is 0 Å². The largest absolute Gasteiger partial charge is 0.240 e. The third kappa shape index (κ3) is 7.02. The summed E-state index contributed by atoms with van der Waals surface area (Å²) in [7, 11) is 0. The Bertz CT molecular complexity index is 2280. The second kappa shape index (κ2) is 16.8. The average molecular weight is 897 g/mol. The van der Waals surface area contributed by atoms with Crippen molar-refractivity contribution in [2.45, 2.75) is 26.3 Å². The molecule has 0 radical (unpaired) electrons. The van der Waals surface area contributed by atoms with Crippen LogP contribution in [0.1, 0.15) is 30.3 Å². The highest BCUT2D eigenvalue weighted by Gasteiger charge is 2.52. The molecule has 0 amide bonds. The molecule has 1 nitrogen and oxygen atoms in total. The molecule has 0 spiro atoms. The zero-order chi connectivity index (χ0) is 45.0. The second-order valence-corrected chi connectivity index (χ2v) is 13.7. The quantitative estimate of drug-likeness (QED) is 0.0496. The molecule has 1 aromatic heterocycles. The van der Waals surface area contributed by atoms with Gasteiger partial charge in [0.25, 0.3) is 0 Å². The molecule has 0 fully saturated rings. The zero-order valence-electron chi connectivity index (χ0n) is 29.3. The summed E-state index contributed by atoms with van der Waals surface area (Å²) in [5, 5.41) is 3.61. The van der Waals surface area contributed by atoms with E-state index in [0.717, 1.165) is 6.54 Å². The third-order valence-electron chi connectivity index (χ3n) is 9.11. The molecule has 0 aliphatic heterocycles. The average Bonchev–Trinajstić information content (AvgIpc) is 3.69. The van der Waals surface area contributed by atoms with Gasteiger partial charge >= 0.3 is 0 Å². The summed E-state index contributed by atoms with van der Waals surface area (Å²) < 4.78 is 296. The molecule has 60 heavy (non-hydrogen) atoms. The number of nitrogens with zero attached hydrogens (tertiary/aromatic N) is 1. The standard InChI is InChI=1S/C24BF20.C13H16NS/c26-5-1(6(27)14(35)21(42)13(5)34)25(2-7(28)15(36)22(43)16(37)8(2)29,3-9(30)17(38)23(44)18(39)10(3)31)4-11(32)19(40)24(45)20(41)12(4)33;1-11(2)13-14(8-9-15-13)10-12-6-4-3-5-7-12/h;3-9,11H,10H2,1-2H3/q-1;+1. The van der Waals surface area contributed by atoms with Gasteiger partial charge in [-0.3, -0.25) is 0 Å². The van der Waals surface area contributed by atoms with Gasteiger partial charge in [0.1, 0.15) is 52.7 Å². The van der Waals surface area contributed by atoms with Crippen molar-refractivity contribution in [3.63, 3.8) is 0 Å². The first kappa shape index (κ1) is 45.5. The van der Waals surface area contributed by atoms with E-state index in [0.29, 0.717) is 5.92 Å². The van der Waals surface area contributed by atoms with Crippen molar-refractivity contribution in [2.24, 2.45) is 0 Å². The Morgan fingerprint density at radius 1 is 0.400 bits per heavy atom. The Morgan fingerprint density at radius 3 is 0.900 bits per heavy atom. The minimum Gasteiger partial charge on any atom is -0.207 e. The van der Waals surface area contributed by atoms with Gasteiger partial charge in [-0.1, -0.05) is 55.5 Å². The molecule has 0 N–H and O–H groups in total. The fourth-order valence-electron chi connectivity index (χ4n) is 6.57. The SMILES string of the molecule is CC(C)c1scc[n+]1Cc1ccccc1.Fc1c(F)c(F)c([B-](c2c(F)c(F)c(F)c(F)c2F)(c2c(F)c(F)c(F)c(F)c2F)c2c(F)c(F)c(F)c(F)c2F)c(F)c1F. The lowest BCUT2D eigenvalue weighted by Gasteiger charge is -2.44. The topological polar surface area (TPSA) is 3.88 Å². The lowest BCUT2D eigenvalue weighted by Crippen LogP contribution is -2.81. The highest BCUT2D eigenvalue weighted by Crippen LogP contribution is 2.31. The fourth-order valence-corrected chi connectivity index (χ4v) is 7.45. The first-order chi connectivity index (χ1) is 28.0. The van der Waals surface area contributed by atoms with E-state index in [9.17, 15) is 52.7 Å². The summed E-state index contributed by atoms with van der Waals surface area (Å²) in [6.45, 7) is 5.47. The van der Waals surface area contributed by atoms with Crippen molar-refractivity contribution < 1.29 is 92.4 Å². The zero-order valence-corrected chi connectivity index (χ0v) is 30.1. The van der Waals surface area contributed by atoms with Gasteiger partial charge in [0.05, 0.1) is 5.38 Å². The Kier molecular flexibility index (Phi) is 12.7. The predicted octanol–water partition coefficient (Wildman–Crippen LogP) is 9.05. The summed E-state index contributed by atoms with van der Waals surface area (Å²) in [4.78, 5) is 0. The van der Waals surface area contributed by atoms with Crippen molar-refractivity contribution >= 4 is 39.3 Å². The first-order valence-corrected chi connectivity index (χ1v) is 17.1. The molecule has 0 aliphatic rings. The molecule has 5 aromatic carbocycles. The Labute approximate surface area is 326 Å². The summed E-state index contributed by atoms with van der Waals surface area (Å²) in [5.74, 6) is -70.8. The number of rotatable bonds is 7. The highest BCUT2D eigenvalue weighted by atomic mass is 32.1. The van der Waals surface area contributed by atoms with Crippen LogP contribution in [0.25, 0.3) is 0 Å². The van der Waals surface area contributed by atoms with Crippen molar-refractivity contribution in [3.8, 4) is 0 Å². The van der Waals surface area contributed by atoms with E-state index in [1.807, 2.05) is 11.3 Å². The van der Waals surface area contributed by atoms with Crippen molar-refractivity contribution in [1.29, 1.82) is 0 Å². The molecular weight excluding hydrogens is 881 g/mol. The molecule has 0 unspecified atom stereocenters. The molecule has 0 aliphatic carbocycles. The van der Waals surface area contributed by atoms with Gasteiger partial charge in [0, 0.05) is 11.5 Å². The lowest BCUT2D eigenvalue weighted by molar-refractivity contribution is -0.691. The highest BCUT2D eigenvalue weighted by molar-refractivity contribution is 7.20. The van der Waals surface area contributed by atoms with Crippen LogP contribution in [0.5, 0.6) is 0 Å². The molecule has 0 bridgehead atoms. The molecule has 0 saturated carbocycles. The molecule has 6 aromatic rings. The van der Waals surface area contributed by atoms with Crippen LogP contribution in [0.15, 0.2) is 41.9 Å². The summed E-state index contributed by atoms with van der Waals surface area (Å²) in [6.07, 6.45) is -5.04. The molecule has 0 atom stereocenters. The minimum absolute atomic E-state index is 0.605. The monoisotopic (exact) mass is 897 g/mol. The second-order valence-electron chi connectivity index (χ2n) is 12.8. The Morgan fingerprint density at radius 2 is 0.650 bits per heavy atom. The summed E-state index contributed by atoms with van der Waals surface area (Å²) >= 11 is 1.84. The van der Waals surface area contributed by atoms with Gasteiger partial charge in [-0.15, -0.1) is 21.9 Å². The number of hydrogen-bond acceptors (Lipinski definition) is 1. The van der Waals surface area contributed by atoms with Gasteiger partial charge in [0.15, 0.2) is 82.5 Å². The summed E-state index contributed by atoms with van der Waals surface area (Å²) in [6, 6.07) is 10.6. The number of thiazole rings is 1. The Hall–Kier alpha value is -5.61. The molecule has 1 heterocycles. The molecule has 6 rings (SSSR count). The van der Waals surface area contributed by atoms with Gasteiger partial charge < -0.3 is 0 Å². The number of hydrogen-bond donors (Lipinski definition) is 0. The lowest BCUT2D eigenvalue weighted by atomic mass is 9.12. The smallest absolute Gasteiger partial charge is 0.207 e. The molecular formula is C37H16BF20NS. The van der Waals surface area contributed by atoms with E-state index in [1.165, 1.54) is 10.6 Å². The normalized spacial score (nSPS) is 11.7. The third-order valence-corrected chi connectivity index (χ3v) is 10.3. The van der Waals surface area contributed by atoms with E-state index >= 15 is 35.1 Å². The molecule has 318 valence electrons. The van der Waals surface area contributed by atoms with Crippen LogP contribution in [0, 0.1) is 116 Å². The van der Waals surface area contributed by atoms with Crippen LogP contribution in [0.4, 0.5) is 87.8 Å². The van der Waals surface area contributed by atoms with E-state index < -0.39 is 144 Å². The Balaban J connectivity index is 0.000000379. The van der Waals surface area contributed by atoms with Crippen LogP contribution < -0.4 is 26.4 Å². The van der Waals surface area contributed by atoms with Gasteiger partial charge in [-0.2, -0.15) is 4.57 Å². The van der Waals surface area contributed by atoms with Crippen LogP contribution in [-0.2, 0) is 6.54 Å². The van der Waals surface area contributed by atoms with Crippen LogP contribution in [0.3, 0.4) is 0 Å². The first-order valence-electron chi connectivity index (χ1n) is 16.2. The van der Waals surface area contributed by atoms with Crippen LogP contribution in [0.2, 0.25) is 0 Å². The molecule has 0 saturated heterocycles. The van der Waals surface area contributed by atoms with Gasteiger partial charge in [-0.25, -0.2) is 87.8 Å². The minimum atomic E-state index is -7.22. The van der Waals surface area contributed by atoms with Gasteiger partial charge in [-0.05, 0) is 0 Å². The molecule has 23 heteroatoms. The predicted molar refractivity (Wildman–Crippen MR) is 173 cm³/mol. The fraction of sp³-hybridized carbons (Fsp3) is 0.108. The van der Waals surface area contributed by atoms with Crippen LogP contribution in [-0.4, -0.2) is 6.15 Å². The van der Waals surface area contributed by atoms with E-state index in [1.54, 1.807) is 0 Å². The number of benzene rings is 5. The van der Waals surface area contributed by atoms with E-state index in [2.05, 4.69) is 60.3 Å². The van der Waals surface area contributed by atoms with Crippen molar-refractivity contribution in [2.75, 3.05) is 0 Å². The number of halogens is 20. The van der Waals surface area contributed by atoms with E-state index in [4.69, 9.17) is 0 Å². The maximum absolute atomic E-state index is 15.4. The van der Waals surface area contributed by atoms with E-state index in [-0.39, 0.29) is 0 Å². The van der Waals surface area contributed by atoms with Crippen LogP contribution >= 0.6 is 11.3 Å². The van der Waals surface area contributed by atoms with Gasteiger partial charge in [0.2, 0.25) is 5.01 Å². The number of aromatic nitrogens is 1. The summed E-state index contributed by atoms with van der Waals surface area (Å²) in [5.41, 5.74) is -13.0. The maximum atomic E-state index is 15.4.